The number of H-pyrrole nitrogens is 3. The van der Waals surface area contributed by atoms with Crippen LogP contribution in [0.1, 0.15) is 145 Å². The summed E-state index contributed by atoms with van der Waals surface area (Å²) in [6.07, 6.45) is 2.09. The van der Waals surface area contributed by atoms with Crippen LogP contribution in [0.25, 0.3) is 21.8 Å². The van der Waals surface area contributed by atoms with Gasteiger partial charge in [-0.25, -0.2) is 4.98 Å². The van der Waals surface area contributed by atoms with E-state index in [2.05, 4.69) is 73.1 Å². The van der Waals surface area contributed by atoms with Gasteiger partial charge in [-0.15, -0.1) is 11.8 Å². The van der Waals surface area contributed by atoms with E-state index >= 15 is 47.9 Å². The number of thioether (sulfide) groups is 1. The summed E-state index contributed by atoms with van der Waals surface area (Å²) in [5.41, 5.74) is 14.1. The molecule has 4 aliphatic heterocycles. The highest BCUT2D eigenvalue weighted by Crippen LogP contribution is 2.29. The van der Waals surface area contributed by atoms with Gasteiger partial charge in [-0.05, 0) is 112 Å². The van der Waals surface area contributed by atoms with E-state index in [-0.39, 0.29) is 95.3 Å². The first-order valence-electron chi connectivity index (χ1n) is 45.7. The van der Waals surface area contributed by atoms with Gasteiger partial charge in [0.2, 0.25) is 94.5 Å². The van der Waals surface area contributed by atoms with Gasteiger partial charge in [0.1, 0.15) is 90.3 Å². The Morgan fingerprint density at radius 3 is 1.63 bits per heavy atom. The Balaban J connectivity index is 1.02. The number of nitrogens with zero attached hydrogens (tertiary/aromatic N) is 6. The Kier molecular flexibility index (Phi) is 38.5. The van der Waals surface area contributed by atoms with Crippen LogP contribution in [0.4, 0.5) is 0 Å². The average molecular weight is 1910 g/mol. The first kappa shape index (κ1) is 105. The van der Waals surface area contributed by atoms with Crippen molar-refractivity contribution in [1.29, 1.82) is 0 Å². The van der Waals surface area contributed by atoms with E-state index in [9.17, 15) is 63.9 Å². The third-order valence-corrected chi connectivity index (χ3v) is 25.8. The number of aliphatic hydroxyl groups excluding tert-OH is 2. The Morgan fingerprint density at radius 1 is 0.515 bits per heavy atom. The molecule has 3 aromatic heterocycles. The van der Waals surface area contributed by atoms with Crippen molar-refractivity contribution in [1.82, 2.24) is 97.6 Å². The number of rotatable bonds is 26. The number of aromatic hydroxyl groups is 1. The molecule has 4 saturated heterocycles. The van der Waals surface area contributed by atoms with Crippen molar-refractivity contribution < 1.29 is 112 Å². The van der Waals surface area contributed by atoms with Crippen LogP contribution in [0.2, 0.25) is 0 Å². The lowest BCUT2D eigenvalue weighted by Gasteiger charge is -2.38. The number of aromatic nitrogens is 4. The molecule has 44 nitrogen and oxygen atoms in total. The van der Waals surface area contributed by atoms with Crippen LogP contribution in [0.15, 0.2) is 97.7 Å². The number of aliphatic hydroxyl groups is 2. The molecule has 0 saturated carbocycles. The first-order chi connectivity index (χ1) is 65.1. The minimum atomic E-state index is -1.93. The van der Waals surface area contributed by atoms with Crippen LogP contribution in [-0.2, 0) is 112 Å². The maximum absolute atomic E-state index is 15.7. The fraction of sp³-hybridized carbons (Fsp3) is 0.527. The molecular formula is C91H123N21O23S. The Labute approximate surface area is 787 Å². The molecule has 0 spiro atoms. The largest absolute Gasteiger partial charge is 0.508 e. The van der Waals surface area contributed by atoms with Crippen molar-refractivity contribution in [2.45, 2.75) is 239 Å². The highest BCUT2D eigenvalue weighted by molar-refractivity contribution is 8.00. The number of fused-ring (bicyclic) bond motifs is 5. The second kappa shape index (κ2) is 50.1. The minimum Gasteiger partial charge on any atom is -0.508 e. The summed E-state index contributed by atoms with van der Waals surface area (Å²) in [6.45, 7) is 0.886. The van der Waals surface area contributed by atoms with Gasteiger partial charge in [-0.2, -0.15) is 0 Å². The number of likely N-dealkylation sites (N-methyl/N-ethyl adjacent to an activating group) is 2. The van der Waals surface area contributed by atoms with Gasteiger partial charge < -0.3 is 130 Å². The Hall–Kier alpha value is -13.6. The lowest BCUT2D eigenvalue weighted by Crippen LogP contribution is -2.62. The number of nitrogens with one attached hydrogen (secondary N) is 13. The number of hydrogen-bond acceptors (Lipinski definition) is 24. The molecule has 0 bridgehead atoms. The predicted octanol–water partition coefficient (Wildman–Crippen LogP) is -2.50. The van der Waals surface area contributed by atoms with Gasteiger partial charge in [0.15, 0.2) is 0 Å². The number of phenols is 1. The zero-order valence-electron chi connectivity index (χ0n) is 76.2. The fourth-order valence-electron chi connectivity index (χ4n) is 17.4. The summed E-state index contributed by atoms with van der Waals surface area (Å²) in [6, 6.07) is -3.25. The number of primary amides is 1. The van der Waals surface area contributed by atoms with Gasteiger partial charge in [0.05, 0.1) is 43.5 Å². The maximum Gasteiger partial charge on any atom is 0.305 e. The number of carboxylic acids is 2. The third kappa shape index (κ3) is 28.3. The quantitative estimate of drug-likeness (QED) is 0.0267. The molecule has 7 heterocycles. The fourth-order valence-corrected chi connectivity index (χ4v) is 18.3. The number of carboxylic acid groups (broad SMARTS) is 2. The van der Waals surface area contributed by atoms with Crippen molar-refractivity contribution in [3.8, 4) is 5.75 Å². The van der Waals surface area contributed by atoms with Crippen LogP contribution in [0.5, 0.6) is 5.75 Å². The lowest BCUT2D eigenvalue weighted by atomic mass is 9.97. The number of carbonyl (C=O) groups is 18. The number of benzene rings is 3. The number of piperidine rings is 1. The van der Waals surface area contributed by atoms with E-state index in [1.165, 1.54) is 50.9 Å². The number of aromatic amines is 3. The minimum absolute atomic E-state index is 0.00611. The van der Waals surface area contributed by atoms with Crippen LogP contribution < -0.4 is 64.6 Å². The standard InChI is InChI=1S/C91H123N21O23S/c1-5-7-22-69-83(127)100-60(21-15-32-92)79(123)107-68(78(122)97-44-74(93)116)47-136-48-75(117)99-64(35-50-26-28-54(114)29-27-50)89(133)110-33-14-13-24-70(110)85(129)105-66(40-77(120)121)90(134)111-34-16-25-71(111)84(128)103-63(38-53-43-94-49-98-53)81(125)101-61(30-31-76(118)119)88(132)112-45-55(115)39-73(112)86(130)102-62(36-51-41-95-58-19-11-9-17-56(51)58)80(124)106-67(46-113)82(126)104-65(37-52-42-96-59-20-12-10-18-57(52)59)87(131)109(4)72(23-8-6-2)91(135)108(69)3/h9-12,17-20,26-29,41-43,49,55,60-73,95-96,113-115H,5-8,13-16,21-25,30-40,44-48,92H2,1-4H3,(H2,93,116)(H,94,98)(H,97,122)(H,99,117)(H,100,127)(H,101,125)(H,102,130)(H,103,128)(H,104,126)(H,105,129)(H,106,124)(H,107,123)(H,118,119)(H,120,121)/t55-,60+,61+,62+,63+,64+,65+,66+,67+,68+,69+,70?,71+,72+,73+/m1/s1. The van der Waals surface area contributed by atoms with E-state index < -0.39 is 260 Å². The van der Waals surface area contributed by atoms with Gasteiger partial charge >= 0.3 is 11.9 Å². The normalized spacial score (nSPS) is 25.1. The van der Waals surface area contributed by atoms with E-state index in [0.29, 0.717) is 77.0 Å². The molecule has 1 unspecified atom stereocenters. The number of nitrogens with two attached hydrogens (primary N) is 2. The summed E-state index contributed by atoms with van der Waals surface area (Å²) in [5.74, 6) is -19.9. The molecule has 3 aromatic carbocycles. The van der Waals surface area contributed by atoms with Crippen molar-refractivity contribution >= 4 is 140 Å². The number of imidazole rings is 1. The van der Waals surface area contributed by atoms with E-state index in [1.807, 2.05) is 13.8 Å². The van der Waals surface area contributed by atoms with Crippen molar-refractivity contribution in [2.75, 3.05) is 64.9 Å². The summed E-state index contributed by atoms with van der Waals surface area (Å²) in [5, 5.41) is 80.6. The maximum atomic E-state index is 15.7. The van der Waals surface area contributed by atoms with Crippen molar-refractivity contribution in [2.24, 2.45) is 11.5 Å². The third-order valence-electron chi connectivity index (χ3n) is 24.7. The first-order valence-corrected chi connectivity index (χ1v) is 46.8. The molecule has 6 aromatic rings. The molecule has 22 N–H and O–H groups in total. The SMILES string of the molecule is CCCC[C@H]1C(=O)N(C)[C@@H](CCCC)C(=O)N[C@@H](CCCN)C(=O)N[C@H](C(=O)NCC(N)=O)CSCC(=O)N[C@@H](Cc2ccc(O)cc2)C(=O)N2CCCCC2C(=O)N[C@@H](CC(=O)O)C(=O)N2CCC[C@H]2C(=O)N[C@@H](Cc2c[nH]cn2)C(=O)N[C@@H](CCC(=O)O)C(=O)N2C[C@H](O)C[C@H]2C(=O)N[C@@H](Cc2c[nH]c3ccccc23)C(=O)N[C@@H](CO)C(=O)N[C@@H](Cc2c[nH]c3ccccc23)C(=O)N1C. The number of hydrogen-bond donors (Lipinski definition) is 20. The molecule has 16 amide bonds. The summed E-state index contributed by atoms with van der Waals surface area (Å²) < 4.78 is 0. The van der Waals surface area contributed by atoms with E-state index in [0.717, 1.165) is 36.3 Å². The second-order valence-corrected chi connectivity index (χ2v) is 35.6. The van der Waals surface area contributed by atoms with Gasteiger partial charge in [-0.1, -0.05) is 88.1 Å². The molecule has 15 atom stereocenters. The lowest BCUT2D eigenvalue weighted by molar-refractivity contribution is -0.149. The summed E-state index contributed by atoms with van der Waals surface area (Å²) >= 11 is 0.776. The average Bonchev–Trinajstić information content (AvgIpc) is 1.74. The van der Waals surface area contributed by atoms with E-state index in [1.54, 1.807) is 60.9 Å². The van der Waals surface area contributed by atoms with Crippen molar-refractivity contribution in [3.05, 3.63) is 120 Å². The Bertz CT molecular complexity index is 5270. The van der Waals surface area contributed by atoms with Gasteiger partial charge in [-0.3, -0.25) is 86.3 Å². The smallest absolute Gasteiger partial charge is 0.305 e. The Morgan fingerprint density at radius 2 is 1.04 bits per heavy atom. The molecule has 736 valence electrons. The monoisotopic (exact) mass is 1910 g/mol. The van der Waals surface area contributed by atoms with Crippen molar-refractivity contribution in [3.63, 3.8) is 0 Å². The van der Waals surface area contributed by atoms with Gasteiger partial charge in [0.25, 0.3) is 0 Å². The number of amides is 16. The molecule has 10 rings (SSSR count). The molecule has 45 heteroatoms. The highest BCUT2D eigenvalue weighted by atomic mass is 32.2. The van der Waals surface area contributed by atoms with Crippen LogP contribution in [0.3, 0.4) is 0 Å². The van der Waals surface area contributed by atoms with Crippen LogP contribution in [0, 0.1) is 0 Å². The van der Waals surface area contributed by atoms with Crippen LogP contribution in [-0.4, -0.2) is 332 Å². The molecular weight excluding hydrogens is 1790 g/mol. The second-order valence-electron chi connectivity index (χ2n) is 34.6. The number of phenolic OH excluding ortho intramolecular Hbond substituents is 1. The number of aliphatic carboxylic acids is 2. The predicted molar refractivity (Wildman–Crippen MR) is 492 cm³/mol. The zero-order chi connectivity index (χ0) is 98.6. The summed E-state index contributed by atoms with van der Waals surface area (Å²) in [7, 11) is 2.68. The number of para-hydroxylation sites is 2. The topological polar surface area (TPSA) is 657 Å². The number of carbonyl (C=O) groups excluding carboxylic acids is 16. The molecule has 4 aliphatic rings. The number of unbranched alkanes of at least 4 members (excludes halogenated alkanes) is 2. The summed E-state index contributed by atoms with van der Waals surface area (Å²) in [4.78, 5) is 282. The van der Waals surface area contributed by atoms with Gasteiger partial charge in [0, 0.05) is 118 Å². The molecule has 0 radical (unpaired) electrons. The highest BCUT2D eigenvalue weighted by Gasteiger charge is 2.48. The van der Waals surface area contributed by atoms with E-state index in [4.69, 9.17) is 11.5 Å². The molecule has 136 heavy (non-hydrogen) atoms. The molecule has 4 fully saturated rings. The van der Waals surface area contributed by atoms with Crippen LogP contribution >= 0.6 is 11.8 Å². The zero-order valence-corrected chi connectivity index (χ0v) is 77.1. The molecule has 0 aliphatic carbocycles.